The van der Waals surface area contributed by atoms with Gasteiger partial charge < -0.3 is 10.4 Å². The molecule has 0 saturated carbocycles. The third kappa shape index (κ3) is 4.17. The summed E-state index contributed by atoms with van der Waals surface area (Å²) < 4.78 is 0. The minimum atomic E-state index is -0.957. The maximum Gasteiger partial charge on any atom is 0.321 e. The van der Waals surface area contributed by atoms with Gasteiger partial charge >= 0.3 is 11.7 Å². The molecule has 1 aromatic rings. The first-order chi connectivity index (χ1) is 8.56. The van der Waals surface area contributed by atoms with Crippen LogP contribution in [0, 0.1) is 10.1 Å². The first-order valence-corrected chi connectivity index (χ1v) is 7.17. The van der Waals surface area contributed by atoms with E-state index in [4.69, 9.17) is 5.11 Å². The molecule has 0 radical (unpaired) electrons. The van der Waals surface area contributed by atoms with Crippen molar-refractivity contribution in [1.82, 2.24) is 10.3 Å². The Bertz CT molecular complexity index is 444. The summed E-state index contributed by atoms with van der Waals surface area (Å²) in [5.74, 6) is -0.675. The van der Waals surface area contributed by atoms with Crippen molar-refractivity contribution in [2.24, 2.45) is 0 Å². The summed E-state index contributed by atoms with van der Waals surface area (Å²) in [5.41, 5.74) is -0.0775. The number of nitrogens with zero attached hydrogens (tertiary/aromatic N) is 2. The number of nitrogens with one attached hydrogen (secondary N) is 1. The van der Waals surface area contributed by atoms with Crippen molar-refractivity contribution in [3.05, 3.63) is 28.4 Å². The lowest BCUT2D eigenvalue weighted by Gasteiger charge is -2.09. The summed E-state index contributed by atoms with van der Waals surface area (Å²) in [6.07, 6.45) is 1.46. The van der Waals surface area contributed by atoms with Crippen molar-refractivity contribution in [2.45, 2.75) is 11.1 Å². The van der Waals surface area contributed by atoms with Crippen molar-refractivity contribution >= 4 is 33.2 Å². The van der Waals surface area contributed by atoms with Crippen molar-refractivity contribution < 1.29 is 14.8 Å². The van der Waals surface area contributed by atoms with Crippen molar-refractivity contribution in [3.63, 3.8) is 0 Å². The zero-order valence-electron chi connectivity index (χ0n) is 9.40. The van der Waals surface area contributed by atoms with Gasteiger partial charge in [-0.3, -0.25) is 14.9 Å². The lowest BCUT2D eigenvalue weighted by molar-refractivity contribution is -0.388. The van der Waals surface area contributed by atoms with Gasteiger partial charge in [0.25, 0.3) is 0 Å². The molecular formula is C9H11N3O4S2. The zero-order valence-corrected chi connectivity index (χ0v) is 11.0. The fraction of sp³-hybridized carbons (Fsp3) is 0.333. The molecule has 0 spiro atoms. The van der Waals surface area contributed by atoms with Crippen LogP contribution in [0.2, 0.25) is 0 Å². The van der Waals surface area contributed by atoms with E-state index in [0.717, 1.165) is 10.8 Å². The molecule has 2 N–H and O–H groups in total. The number of carbonyl (C=O) groups is 1. The number of rotatable bonds is 7. The van der Waals surface area contributed by atoms with Crippen LogP contribution in [-0.2, 0) is 4.79 Å². The summed E-state index contributed by atoms with van der Waals surface area (Å²) in [6, 6.07) is 2.16. The highest BCUT2D eigenvalue weighted by atomic mass is 33.1. The third-order valence-corrected chi connectivity index (χ3v) is 4.26. The average Bonchev–Trinajstić information content (AvgIpc) is 2.34. The monoisotopic (exact) mass is 289 g/mol. The molecule has 1 heterocycles. The minimum Gasteiger partial charge on any atom is -0.480 e. The fourth-order valence-electron chi connectivity index (χ4n) is 1.02. The highest BCUT2D eigenvalue weighted by molar-refractivity contribution is 8.76. The fourth-order valence-corrected chi connectivity index (χ4v) is 3.31. The molecule has 0 aromatic carbocycles. The van der Waals surface area contributed by atoms with Gasteiger partial charge in [-0.15, -0.1) is 0 Å². The molecular weight excluding hydrogens is 278 g/mol. The van der Waals surface area contributed by atoms with E-state index in [-0.39, 0.29) is 16.5 Å². The van der Waals surface area contributed by atoms with E-state index in [1.165, 1.54) is 29.1 Å². The van der Waals surface area contributed by atoms with Gasteiger partial charge in [0.1, 0.15) is 6.04 Å². The molecule has 18 heavy (non-hydrogen) atoms. The molecule has 0 amide bonds. The van der Waals surface area contributed by atoms with E-state index in [1.807, 2.05) is 0 Å². The van der Waals surface area contributed by atoms with E-state index in [0.29, 0.717) is 0 Å². The Morgan fingerprint density at radius 2 is 2.44 bits per heavy atom. The van der Waals surface area contributed by atoms with Crippen LogP contribution in [0.25, 0.3) is 0 Å². The molecule has 1 rings (SSSR count). The standard InChI is InChI=1S/C9H11N3O4S2/c1-10-6(9(13)14)5-17-18-8-7(12(15)16)3-2-4-11-8/h2-4,6,10H,5H2,1H3,(H,13,14)/t6-/m0/s1. The van der Waals surface area contributed by atoms with Crippen molar-refractivity contribution in [1.29, 1.82) is 0 Å². The van der Waals surface area contributed by atoms with Crippen LogP contribution in [0.1, 0.15) is 0 Å². The van der Waals surface area contributed by atoms with Crippen LogP contribution < -0.4 is 5.32 Å². The summed E-state index contributed by atoms with van der Waals surface area (Å²) in [7, 11) is 3.85. The van der Waals surface area contributed by atoms with E-state index in [2.05, 4.69) is 10.3 Å². The van der Waals surface area contributed by atoms with Crippen LogP contribution in [0.3, 0.4) is 0 Å². The van der Waals surface area contributed by atoms with Gasteiger partial charge in [0.2, 0.25) is 0 Å². The number of likely N-dealkylation sites (N-methyl/N-ethyl adjacent to an activating group) is 1. The van der Waals surface area contributed by atoms with E-state index in [9.17, 15) is 14.9 Å². The molecule has 0 aliphatic heterocycles. The number of hydrogen-bond donors (Lipinski definition) is 2. The predicted molar refractivity (Wildman–Crippen MR) is 69.7 cm³/mol. The first-order valence-electron chi connectivity index (χ1n) is 4.85. The van der Waals surface area contributed by atoms with Crippen molar-refractivity contribution in [2.75, 3.05) is 12.8 Å². The maximum atomic E-state index is 10.7. The van der Waals surface area contributed by atoms with Gasteiger partial charge in [0.05, 0.1) is 4.92 Å². The molecule has 0 fully saturated rings. The summed E-state index contributed by atoms with van der Waals surface area (Å²) in [4.78, 5) is 24.8. The summed E-state index contributed by atoms with van der Waals surface area (Å²) >= 11 is 0. The highest BCUT2D eigenvalue weighted by Gasteiger charge is 2.18. The quantitative estimate of drug-likeness (QED) is 0.441. The summed E-state index contributed by atoms with van der Waals surface area (Å²) in [5, 5.41) is 22.4. The van der Waals surface area contributed by atoms with Crippen LogP contribution in [0.15, 0.2) is 23.4 Å². The van der Waals surface area contributed by atoms with Crippen LogP contribution in [0.5, 0.6) is 0 Å². The van der Waals surface area contributed by atoms with Crippen LogP contribution >= 0.6 is 21.6 Å². The molecule has 0 saturated heterocycles. The van der Waals surface area contributed by atoms with E-state index < -0.39 is 16.9 Å². The largest absolute Gasteiger partial charge is 0.480 e. The van der Waals surface area contributed by atoms with Gasteiger partial charge in [0, 0.05) is 18.0 Å². The second kappa shape index (κ2) is 7.19. The Morgan fingerprint density at radius 3 is 3.00 bits per heavy atom. The highest BCUT2D eigenvalue weighted by Crippen LogP contribution is 2.35. The smallest absolute Gasteiger partial charge is 0.321 e. The molecule has 98 valence electrons. The van der Waals surface area contributed by atoms with E-state index >= 15 is 0 Å². The Morgan fingerprint density at radius 1 is 1.72 bits per heavy atom. The number of hydrogen-bond acceptors (Lipinski definition) is 7. The molecule has 0 aliphatic rings. The normalized spacial score (nSPS) is 12.1. The number of nitro groups is 1. The lowest BCUT2D eigenvalue weighted by Crippen LogP contribution is -2.35. The molecule has 0 aliphatic carbocycles. The second-order valence-corrected chi connectivity index (χ2v) is 5.46. The lowest BCUT2D eigenvalue weighted by atomic mass is 10.3. The molecule has 7 nitrogen and oxygen atoms in total. The van der Waals surface area contributed by atoms with Crippen LogP contribution in [-0.4, -0.2) is 39.8 Å². The first kappa shape index (κ1) is 14.7. The number of carboxylic acids is 1. The number of aromatic nitrogens is 1. The number of aliphatic carboxylic acids is 1. The Hall–Kier alpha value is -1.32. The summed E-state index contributed by atoms with van der Waals surface area (Å²) in [6.45, 7) is 0. The van der Waals surface area contributed by atoms with Gasteiger partial charge in [-0.05, 0) is 23.9 Å². The van der Waals surface area contributed by atoms with Gasteiger partial charge in [-0.2, -0.15) is 0 Å². The molecule has 0 bridgehead atoms. The molecule has 1 aromatic heterocycles. The molecule has 9 heteroatoms. The van der Waals surface area contributed by atoms with Gasteiger partial charge in [0.15, 0.2) is 5.03 Å². The van der Waals surface area contributed by atoms with E-state index in [1.54, 1.807) is 7.05 Å². The second-order valence-electron chi connectivity index (χ2n) is 3.13. The predicted octanol–water partition coefficient (Wildman–Crippen LogP) is 1.40. The number of pyridine rings is 1. The molecule has 1 atom stereocenters. The molecule has 0 unspecified atom stereocenters. The Kier molecular flexibility index (Phi) is 5.89. The average molecular weight is 289 g/mol. The van der Waals surface area contributed by atoms with Gasteiger partial charge in [-0.25, -0.2) is 4.98 Å². The van der Waals surface area contributed by atoms with Gasteiger partial charge in [-0.1, -0.05) is 10.8 Å². The topological polar surface area (TPSA) is 105 Å². The third-order valence-electron chi connectivity index (χ3n) is 1.97. The SMILES string of the molecule is CN[C@@H](CSSc1ncccc1[N+](=O)[O-])C(=O)O. The number of carboxylic acid groups (broad SMARTS) is 1. The Labute approximate surface area is 111 Å². The zero-order chi connectivity index (χ0) is 13.5. The minimum absolute atomic E-state index is 0.0775. The van der Waals surface area contributed by atoms with Crippen LogP contribution in [0.4, 0.5) is 5.69 Å². The maximum absolute atomic E-state index is 10.7. The van der Waals surface area contributed by atoms with Crippen molar-refractivity contribution in [3.8, 4) is 0 Å². The Balaban J connectivity index is 2.59.